The summed E-state index contributed by atoms with van der Waals surface area (Å²) in [6.45, 7) is 6.82. The molecule has 0 aliphatic carbocycles. The van der Waals surface area contributed by atoms with E-state index in [1.54, 1.807) is 6.20 Å². The van der Waals surface area contributed by atoms with Crippen LogP contribution in [0.4, 0.5) is 11.5 Å². The number of hydrogen-bond acceptors (Lipinski definition) is 3. The minimum absolute atomic E-state index is 0.552. The van der Waals surface area contributed by atoms with Gasteiger partial charge < -0.3 is 10.6 Å². The molecule has 4 heteroatoms. The fourth-order valence-electron chi connectivity index (χ4n) is 2.83. The van der Waals surface area contributed by atoms with Crippen molar-refractivity contribution in [3.63, 3.8) is 0 Å². The number of piperidine rings is 1. The Kier molecular flexibility index (Phi) is 4.15. The van der Waals surface area contributed by atoms with Gasteiger partial charge in [0.15, 0.2) is 0 Å². The molecule has 1 fully saturated rings. The highest BCUT2D eigenvalue weighted by Crippen LogP contribution is 2.39. The lowest BCUT2D eigenvalue weighted by atomic mass is 9.74. The molecule has 2 N–H and O–H groups in total. The van der Waals surface area contributed by atoms with Crippen molar-refractivity contribution in [2.45, 2.75) is 39.5 Å². The predicted molar refractivity (Wildman–Crippen MR) is 80.8 cm³/mol. The molecule has 0 aromatic carbocycles. The minimum atomic E-state index is 0.552. The zero-order chi connectivity index (χ0) is 13.2. The molecule has 1 aromatic rings. The summed E-state index contributed by atoms with van der Waals surface area (Å²) in [5.74, 6) is 1.03. The molecule has 0 bridgehead atoms. The van der Waals surface area contributed by atoms with E-state index in [-0.39, 0.29) is 0 Å². The van der Waals surface area contributed by atoms with Gasteiger partial charge in [-0.3, -0.25) is 0 Å². The van der Waals surface area contributed by atoms with Crippen molar-refractivity contribution in [3.05, 3.63) is 16.7 Å². The molecular weight excluding hydrogens is 290 g/mol. The monoisotopic (exact) mass is 311 g/mol. The predicted octanol–water partition coefficient (Wildman–Crippen LogP) is 3.83. The smallest absolute Gasteiger partial charge is 0.143 e. The number of halogens is 1. The number of rotatable bonds is 3. The molecule has 0 atom stereocenters. The SMILES string of the molecule is CCC1(CC)CCN(c2ncc(N)cc2Br)CC1. The number of anilines is 2. The Morgan fingerprint density at radius 1 is 1.33 bits per heavy atom. The molecule has 18 heavy (non-hydrogen) atoms. The molecule has 2 heterocycles. The van der Waals surface area contributed by atoms with Gasteiger partial charge in [-0.1, -0.05) is 26.7 Å². The molecule has 2 rings (SSSR count). The maximum atomic E-state index is 5.73. The Hall–Kier alpha value is -0.770. The quantitative estimate of drug-likeness (QED) is 0.922. The van der Waals surface area contributed by atoms with Gasteiger partial charge in [0.1, 0.15) is 5.82 Å². The van der Waals surface area contributed by atoms with Crippen LogP contribution in [0.2, 0.25) is 0 Å². The summed E-state index contributed by atoms with van der Waals surface area (Å²) in [4.78, 5) is 6.82. The molecular formula is C14H22BrN3. The van der Waals surface area contributed by atoms with Crippen molar-refractivity contribution in [1.82, 2.24) is 4.98 Å². The third-order valence-corrected chi connectivity index (χ3v) is 5.05. The number of nitrogens with two attached hydrogens (primary N) is 1. The zero-order valence-corrected chi connectivity index (χ0v) is 12.8. The van der Waals surface area contributed by atoms with Crippen LogP contribution in [0.5, 0.6) is 0 Å². The van der Waals surface area contributed by atoms with Crippen LogP contribution < -0.4 is 10.6 Å². The second-order valence-electron chi connectivity index (χ2n) is 5.27. The summed E-state index contributed by atoms with van der Waals surface area (Å²) in [7, 11) is 0. The van der Waals surface area contributed by atoms with Crippen LogP contribution in [0.3, 0.4) is 0 Å². The van der Waals surface area contributed by atoms with Gasteiger partial charge in [0, 0.05) is 13.1 Å². The third kappa shape index (κ3) is 2.63. The van der Waals surface area contributed by atoms with Crippen molar-refractivity contribution in [2.75, 3.05) is 23.7 Å². The summed E-state index contributed by atoms with van der Waals surface area (Å²) in [6.07, 6.45) is 6.83. The number of aromatic nitrogens is 1. The third-order valence-electron chi connectivity index (χ3n) is 4.47. The standard InChI is InChI=1S/C14H22BrN3/c1-3-14(4-2)5-7-18(8-6-14)13-12(15)9-11(16)10-17-13/h9-10H,3-8,16H2,1-2H3. The molecule has 0 amide bonds. The van der Waals surface area contributed by atoms with E-state index in [1.165, 1.54) is 25.7 Å². The number of nitrogens with zero attached hydrogens (tertiary/aromatic N) is 2. The van der Waals surface area contributed by atoms with Gasteiger partial charge in [0.2, 0.25) is 0 Å². The molecule has 1 saturated heterocycles. The lowest BCUT2D eigenvalue weighted by Crippen LogP contribution is -2.40. The van der Waals surface area contributed by atoms with Crippen molar-refractivity contribution < 1.29 is 0 Å². The molecule has 0 saturated carbocycles. The van der Waals surface area contributed by atoms with Crippen molar-refractivity contribution in [3.8, 4) is 0 Å². The fraction of sp³-hybridized carbons (Fsp3) is 0.643. The second-order valence-corrected chi connectivity index (χ2v) is 6.12. The first-order chi connectivity index (χ1) is 8.60. The summed E-state index contributed by atoms with van der Waals surface area (Å²) in [5.41, 5.74) is 6.99. The van der Waals surface area contributed by atoms with Crippen LogP contribution in [0.25, 0.3) is 0 Å². The molecule has 1 aromatic heterocycles. The van der Waals surface area contributed by atoms with Crippen LogP contribution in [0.15, 0.2) is 16.7 Å². The van der Waals surface area contributed by atoms with Gasteiger partial charge in [-0.05, 0) is 40.3 Å². The summed E-state index contributed by atoms with van der Waals surface area (Å²) in [5, 5.41) is 0. The largest absolute Gasteiger partial charge is 0.397 e. The molecule has 3 nitrogen and oxygen atoms in total. The highest BCUT2D eigenvalue weighted by molar-refractivity contribution is 9.10. The van der Waals surface area contributed by atoms with E-state index >= 15 is 0 Å². The van der Waals surface area contributed by atoms with Crippen LogP contribution >= 0.6 is 15.9 Å². The topological polar surface area (TPSA) is 42.2 Å². The lowest BCUT2D eigenvalue weighted by Gasteiger charge is -2.41. The Bertz CT molecular complexity index is 406. The van der Waals surface area contributed by atoms with Crippen molar-refractivity contribution >= 4 is 27.4 Å². The summed E-state index contributed by atoms with van der Waals surface area (Å²) < 4.78 is 1.00. The first kappa shape index (κ1) is 13.7. The van der Waals surface area contributed by atoms with E-state index < -0.39 is 0 Å². The fourth-order valence-corrected chi connectivity index (χ4v) is 3.45. The molecule has 0 spiro atoms. The molecule has 1 aliphatic rings. The number of nitrogen functional groups attached to an aromatic ring is 1. The van der Waals surface area contributed by atoms with Crippen LogP contribution in [0.1, 0.15) is 39.5 Å². The highest BCUT2D eigenvalue weighted by atomic mass is 79.9. The van der Waals surface area contributed by atoms with E-state index in [9.17, 15) is 0 Å². The summed E-state index contributed by atoms with van der Waals surface area (Å²) in [6, 6.07) is 1.93. The number of hydrogen-bond donors (Lipinski definition) is 1. The maximum Gasteiger partial charge on any atom is 0.143 e. The van der Waals surface area contributed by atoms with Crippen LogP contribution in [-0.4, -0.2) is 18.1 Å². The van der Waals surface area contributed by atoms with Gasteiger partial charge >= 0.3 is 0 Å². The average molecular weight is 312 g/mol. The molecule has 1 aliphatic heterocycles. The van der Waals surface area contributed by atoms with Gasteiger partial charge in [0.05, 0.1) is 16.4 Å². The Labute approximate surface area is 118 Å². The van der Waals surface area contributed by atoms with E-state index in [4.69, 9.17) is 5.73 Å². The van der Waals surface area contributed by atoms with Crippen LogP contribution in [0, 0.1) is 5.41 Å². The molecule has 0 unspecified atom stereocenters. The highest BCUT2D eigenvalue weighted by Gasteiger charge is 2.32. The lowest BCUT2D eigenvalue weighted by molar-refractivity contribution is 0.199. The number of pyridine rings is 1. The average Bonchev–Trinajstić information content (AvgIpc) is 2.39. The second kappa shape index (κ2) is 5.47. The minimum Gasteiger partial charge on any atom is -0.397 e. The van der Waals surface area contributed by atoms with Gasteiger partial charge in [0.25, 0.3) is 0 Å². The Balaban J connectivity index is 2.10. The van der Waals surface area contributed by atoms with E-state index in [0.29, 0.717) is 11.1 Å². The summed E-state index contributed by atoms with van der Waals surface area (Å²) >= 11 is 3.56. The Morgan fingerprint density at radius 3 is 2.44 bits per heavy atom. The van der Waals surface area contributed by atoms with Crippen LogP contribution in [-0.2, 0) is 0 Å². The van der Waals surface area contributed by atoms with Gasteiger partial charge in [-0.15, -0.1) is 0 Å². The van der Waals surface area contributed by atoms with E-state index in [0.717, 1.165) is 23.4 Å². The molecule has 0 radical (unpaired) electrons. The maximum absolute atomic E-state index is 5.73. The van der Waals surface area contributed by atoms with Gasteiger partial charge in [-0.25, -0.2) is 4.98 Å². The first-order valence-electron chi connectivity index (χ1n) is 6.76. The van der Waals surface area contributed by atoms with E-state index in [2.05, 4.69) is 39.7 Å². The van der Waals surface area contributed by atoms with Crippen molar-refractivity contribution in [2.24, 2.45) is 5.41 Å². The Morgan fingerprint density at radius 2 is 1.94 bits per heavy atom. The normalized spacial score (nSPS) is 18.9. The zero-order valence-electron chi connectivity index (χ0n) is 11.2. The first-order valence-corrected chi connectivity index (χ1v) is 7.55. The van der Waals surface area contributed by atoms with Gasteiger partial charge in [-0.2, -0.15) is 0 Å². The van der Waals surface area contributed by atoms with E-state index in [1.807, 2.05) is 6.07 Å². The molecule has 100 valence electrons. The van der Waals surface area contributed by atoms with Crippen molar-refractivity contribution in [1.29, 1.82) is 0 Å².